The van der Waals surface area contributed by atoms with Crippen molar-refractivity contribution in [2.75, 3.05) is 33.7 Å². The Hall–Kier alpha value is -1.38. The van der Waals surface area contributed by atoms with Gasteiger partial charge in [-0.25, -0.2) is 0 Å². The number of hydrogen-bond acceptors (Lipinski definition) is 7. The van der Waals surface area contributed by atoms with Gasteiger partial charge in [-0.15, -0.1) is 0 Å². The quantitative estimate of drug-likeness (QED) is 0.735. The summed E-state index contributed by atoms with van der Waals surface area (Å²) in [6, 6.07) is 6.94. The molecule has 0 unspecified atom stereocenters. The molecule has 0 amide bonds. The molecule has 1 saturated heterocycles. The van der Waals surface area contributed by atoms with Gasteiger partial charge in [0.2, 0.25) is 6.29 Å². The zero-order valence-electron chi connectivity index (χ0n) is 13.0. The van der Waals surface area contributed by atoms with Gasteiger partial charge in [-0.05, 0) is 24.3 Å². The first-order chi connectivity index (χ1) is 10.6. The first-order valence-electron chi connectivity index (χ1n) is 7.01. The highest BCUT2D eigenvalue weighted by Crippen LogP contribution is 2.28. The highest BCUT2D eigenvalue weighted by molar-refractivity contribution is 5.41. The Labute approximate surface area is 129 Å². The summed E-state index contributed by atoms with van der Waals surface area (Å²) in [6.45, 7) is 0.221. The summed E-state index contributed by atoms with van der Waals surface area (Å²) in [4.78, 5) is 0. The lowest BCUT2D eigenvalue weighted by atomic mass is 9.99. The number of rotatable bonds is 6. The Bertz CT molecular complexity index is 454. The number of aliphatic hydroxyl groups is 1. The Kier molecular flexibility index (Phi) is 5.98. The van der Waals surface area contributed by atoms with Gasteiger partial charge in [0, 0.05) is 27.0 Å². The summed E-state index contributed by atoms with van der Waals surface area (Å²) in [6.07, 6.45) is -3.34. The topological polar surface area (TPSA) is 92.4 Å². The maximum Gasteiger partial charge on any atom is 0.229 e. The van der Waals surface area contributed by atoms with Crippen LogP contribution in [0.2, 0.25) is 0 Å². The lowest BCUT2D eigenvalue weighted by Crippen LogP contribution is -2.61. The van der Waals surface area contributed by atoms with Crippen LogP contribution in [0.4, 0.5) is 5.69 Å². The fourth-order valence-corrected chi connectivity index (χ4v) is 2.49. The lowest BCUT2D eigenvalue weighted by Gasteiger charge is -2.42. The molecule has 1 aromatic rings. The molecule has 0 spiro atoms. The SMILES string of the molecule is COC[C@H]1O[C@H](Oc2ccc(N)cc2)[C@H](OC)[C@@H](OC)[C@H]1O. The van der Waals surface area contributed by atoms with E-state index < -0.39 is 30.7 Å². The van der Waals surface area contributed by atoms with Crippen molar-refractivity contribution in [1.82, 2.24) is 0 Å². The van der Waals surface area contributed by atoms with Crippen molar-refractivity contribution in [3.05, 3.63) is 24.3 Å². The van der Waals surface area contributed by atoms with Gasteiger partial charge >= 0.3 is 0 Å². The smallest absolute Gasteiger partial charge is 0.229 e. The van der Waals surface area contributed by atoms with E-state index in [-0.39, 0.29) is 6.61 Å². The molecule has 1 aromatic carbocycles. The number of benzene rings is 1. The highest BCUT2D eigenvalue weighted by atomic mass is 16.7. The largest absolute Gasteiger partial charge is 0.462 e. The van der Waals surface area contributed by atoms with Gasteiger partial charge in [0.1, 0.15) is 30.2 Å². The second-order valence-corrected chi connectivity index (χ2v) is 5.08. The van der Waals surface area contributed by atoms with Gasteiger partial charge in [-0.2, -0.15) is 0 Å². The molecule has 3 N–H and O–H groups in total. The van der Waals surface area contributed by atoms with E-state index in [4.69, 9.17) is 29.4 Å². The van der Waals surface area contributed by atoms with Crippen molar-refractivity contribution < 1.29 is 28.8 Å². The van der Waals surface area contributed by atoms with Crippen molar-refractivity contribution in [2.45, 2.75) is 30.7 Å². The van der Waals surface area contributed by atoms with Crippen molar-refractivity contribution in [2.24, 2.45) is 0 Å². The molecule has 5 atom stereocenters. The van der Waals surface area contributed by atoms with Crippen LogP contribution in [-0.2, 0) is 18.9 Å². The third-order valence-corrected chi connectivity index (χ3v) is 3.63. The Morgan fingerprint density at radius 1 is 1.09 bits per heavy atom. The number of ether oxygens (including phenoxy) is 5. The van der Waals surface area contributed by atoms with Crippen LogP contribution in [0.25, 0.3) is 0 Å². The van der Waals surface area contributed by atoms with Crippen LogP contribution in [0.15, 0.2) is 24.3 Å². The summed E-state index contributed by atoms with van der Waals surface area (Å²) in [5.74, 6) is 0.587. The lowest BCUT2D eigenvalue weighted by molar-refractivity contribution is -0.288. The third kappa shape index (κ3) is 3.68. The minimum Gasteiger partial charge on any atom is -0.462 e. The number of nitrogens with two attached hydrogens (primary N) is 1. The molecule has 7 heteroatoms. The Morgan fingerprint density at radius 2 is 1.73 bits per heavy atom. The van der Waals surface area contributed by atoms with E-state index in [9.17, 15) is 5.11 Å². The maximum absolute atomic E-state index is 10.3. The monoisotopic (exact) mass is 313 g/mol. The maximum atomic E-state index is 10.3. The van der Waals surface area contributed by atoms with Gasteiger partial charge in [-0.3, -0.25) is 0 Å². The second-order valence-electron chi connectivity index (χ2n) is 5.08. The molecule has 0 aromatic heterocycles. The zero-order chi connectivity index (χ0) is 16.1. The molecule has 22 heavy (non-hydrogen) atoms. The predicted octanol–water partition coefficient (Wildman–Crippen LogP) is 0.410. The van der Waals surface area contributed by atoms with Gasteiger partial charge in [-0.1, -0.05) is 0 Å². The van der Waals surface area contributed by atoms with Crippen molar-refractivity contribution in [3.63, 3.8) is 0 Å². The fraction of sp³-hybridized carbons (Fsp3) is 0.600. The van der Waals surface area contributed by atoms with Gasteiger partial charge in [0.05, 0.1) is 6.61 Å². The van der Waals surface area contributed by atoms with Gasteiger partial charge < -0.3 is 34.5 Å². The van der Waals surface area contributed by atoms with E-state index in [0.717, 1.165) is 0 Å². The number of methoxy groups -OCH3 is 3. The Morgan fingerprint density at radius 3 is 2.27 bits per heavy atom. The van der Waals surface area contributed by atoms with Crippen LogP contribution in [0, 0.1) is 0 Å². The number of nitrogen functional groups attached to an aromatic ring is 1. The molecule has 1 heterocycles. The normalized spacial score (nSPS) is 31.9. The molecular formula is C15H23NO6. The van der Waals surface area contributed by atoms with Crippen LogP contribution in [-0.4, -0.2) is 63.7 Å². The summed E-state index contributed by atoms with van der Waals surface area (Å²) in [7, 11) is 4.56. The van der Waals surface area contributed by atoms with E-state index in [1.165, 1.54) is 21.3 Å². The van der Waals surface area contributed by atoms with Crippen LogP contribution in [0.1, 0.15) is 0 Å². The fourth-order valence-electron chi connectivity index (χ4n) is 2.49. The molecule has 0 radical (unpaired) electrons. The summed E-state index contributed by atoms with van der Waals surface area (Å²) in [5, 5.41) is 10.3. The average Bonchev–Trinajstić information content (AvgIpc) is 2.52. The minimum atomic E-state index is -0.874. The first kappa shape index (κ1) is 17.0. The number of anilines is 1. The number of hydrogen-bond donors (Lipinski definition) is 2. The van der Waals surface area contributed by atoms with Gasteiger partial charge in [0.15, 0.2) is 0 Å². The highest BCUT2D eigenvalue weighted by Gasteiger charge is 2.47. The molecule has 0 aliphatic carbocycles. The number of aliphatic hydroxyl groups excluding tert-OH is 1. The van der Waals surface area contributed by atoms with Crippen LogP contribution < -0.4 is 10.5 Å². The standard InChI is InChI=1S/C15H23NO6/c1-18-8-11-12(17)13(19-2)14(20-3)15(22-11)21-10-6-4-9(16)5-7-10/h4-7,11-15,17H,8,16H2,1-3H3/t11-,12+,13+,14-,15+/m1/s1. The second kappa shape index (κ2) is 7.75. The van der Waals surface area contributed by atoms with Crippen molar-refractivity contribution >= 4 is 5.69 Å². The summed E-state index contributed by atoms with van der Waals surface area (Å²) >= 11 is 0. The van der Waals surface area contributed by atoms with Crippen LogP contribution >= 0.6 is 0 Å². The molecule has 1 aliphatic rings. The van der Waals surface area contributed by atoms with Crippen molar-refractivity contribution in [3.8, 4) is 5.75 Å². The summed E-state index contributed by atoms with van der Waals surface area (Å²) < 4.78 is 27.4. The van der Waals surface area contributed by atoms with Crippen LogP contribution in [0.3, 0.4) is 0 Å². The molecule has 2 rings (SSSR count). The minimum absolute atomic E-state index is 0.221. The molecule has 124 valence electrons. The van der Waals surface area contributed by atoms with Crippen molar-refractivity contribution in [1.29, 1.82) is 0 Å². The zero-order valence-corrected chi connectivity index (χ0v) is 13.0. The third-order valence-electron chi connectivity index (χ3n) is 3.63. The molecule has 1 aliphatic heterocycles. The van der Waals surface area contributed by atoms with Crippen LogP contribution in [0.5, 0.6) is 5.75 Å². The molecule has 1 fully saturated rings. The predicted molar refractivity (Wildman–Crippen MR) is 79.6 cm³/mol. The van der Waals surface area contributed by atoms with E-state index in [2.05, 4.69) is 0 Å². The van der Waals surface area contributed by atoms with Gasteiger partial charge in [0.25, 0.3) is 0 Å². The molecule has 0 saturated carbocycles. The van der Waals surface area contributed by atoms with E-state index in [1.54, 1.807) is 24.3 Å². The average molecular weight is 313 g/mol. The van der Waals surface area contributed by atoms with E-state index in [0.29, 0.717) is 11.4 Å². The molecule has 7 nitrogen and oxygen atoms in total. The molecular weight excluding hydrogens is 290 g/mol. The summed E-state index contributed by atoms with van der Waals surface area (Å²) in [5.41, 5.74) is 6.30. The van der Waals surface area contributed by atoms with E-state index in [1.807, 2.05) is 0 Å². The molecule has 0 bridgehead atoms. The first-order valence-corrected chi connectivity index (χ1v) is 7.01. The Balaban J connectivity index is 2.16. The van der Waals surface area contributed by atoms with E-state index >= 15 is 0 Å².